The van der Waals surface area contributed by atoms with Crippen molar-refractivity contribution in [3.63, 3.8) is 0 Å². The summed E-state index contributed by atoms with van der Waals surface area (Å²) in [6.07, 6.45) is 6.17. The Balaban J connectivity index is 2.69. The third kappa shape index (κ3) is 3.19. The van der Waals surface area contributed by atoms with Crippen LogP contribution < -0.4 is 11.1 Å². The second kappa shape index (κ2) is 5.83. The van der Waals surface area contributed by atoms with E-state index in [4.69, 9.17) is 5.73 Å². The Morgan fingerprint density at radius 3 is 2.24 bits per heavy atom. The van der Waals surface area contributed by atoms with E-state index >= 15 is 0 Å². The lowest BCUT2D eigenvalue weighted by atomic mass is 9.80. The summed E-state index contributed by atoms with van der Waals surface area (Å²) in [5, 5.41) is 12.4. The van der Waals surface area contributed by atoms with Gasteiger partial charge in [-0.25, -0.2) is 0 Å². The summed E-state index contributed by atoms with van der Waals surface area (Å²) in [6.45, 7) is 3.93. The molecule has 4 nitrogen and oxygen atoms in total. The minimum atomic E-state index is -0.719. The molecule has 1 rings (SSSR count). The molecule has 1 fully saturated rings. The lowest BCUT2D eigenvalue weighted by molar-refractivity contribution is -0.130. The summed E-state index contributed by atoms with van der Waals surface area (Å²) in [5.74, 6) is -0.0880. The smallest absolute Gasteiger partial charge is 0.240 e. The first-order valence-corrected chi connectivity index (χ1v) is 6.74. The van der Waals surface area contributed by atoms with Crippen molar-refractivity contribution in [1.82, 2.24) is 5.32 Å². The van der Waals surface area contributed by atoms with Crippen LogP contribution in [0.15, 0.2) is 0 Å². The normalized spacial score (nSPS) is 20.0. The minimum Gasteiger partial charge on any atom is -0.394 e. The van der Waals surface area contributed by atoms with Gasteiger partial charge in [-0.3, -0.25) is 4.79 Å². The number of hydrogen-bond donors (Lipinski definition) is 3. The van der Waals surface area contributed by atoms with Crippen molar-refractivity contribution in [1.29, 1.82) is 0 Å². The highest BCUT2D eigenvalue weighted by Gasteiger charge is 2.39. The number of aliphatic hydroxyl groups excluding tert-OH is 1. The van der Waals surface area contributed by atoms with Crippen LogP contribution in [0.3, 0.4) is 0 Å². The van der Waals surface area contributed by atoms with Gasteiger partial charge in [-0.05, 0) is 25.7 Å². The first-order valence-electron chi connectivity index (χ1n) is 6.74. The van der Waals surface area contributed by atoms with E-state index in [0.717, 1.165) is 38.5 Å². The molecule has 0 atom stereocenters. The van der Waals surface area contributed by atoms with Gasteiger partial charge in [0.05, 0.1) is 17.7 Å². The van der Waals surface area contributed by atoms with E-state index < -0.39 is 11.1 Å². The van der Waals surface area contributed by atoms with E-state index in [-0.39, 0.29) is 12.5 Å². The summed E-state index contributed by atoms with van der Waals surface area (Å²) >= 11 is 0. The summed E-state index contributed by atoms with van der Waals surface area (Å²) in [7, 11) is 0. The molecule has 0 heterocycles. The molecule has 1 aliphatic carbocycles. The molecule has 1 aliphatic rings. The number of nitrogens with one attached hydrogen (secondary N) is 1. The maximum absolute atomic E-state index is 12.3. The number of hydrogen-bond acceptors (Lipinski definition) is 3. The van der Waals surface area contributed by atoms with Gasteiger partial charge in [-0.1, -0.05) is 33.1 Å². The molecule has 100 valence electrons. The molecule has 0 aliphatic heterocycles. The monoisotopic (exact) mass is 242 g/mol. The van der Waals surface area contributed by atoms with Gasteiger partial charge in [-0.15, -0.1) is 0 Å². The predicted molar refractivity (Wildman–Crippen MR) is 68.5 cm³/mol. The number of aliphatic hydroxyl groups is 1. The molecule has 0 unspecified atom stereocenters. The highest BCUT2D eigenvalue weighted by atomic mass is 16.3. The number of nitrogens with two attached hydrogens (primary N) is 1. The topological polar surface area (TPSA) is 75.3 Å². The van der Waals surface area contributed by atoms with Crippen molar-refractivity contribution < 1.29 is 9.90 Å². The summed E-state index contributed by atoms with van der Waals surface area (Å²) in [6, 6.07) is 0. The van der Waals surface area contributed by atoms with Crippen LogP contribution in [-0.4, -0.2) is 28.7 Å². The predicted octanol–water partition coefficient (Wildman–Crippen LogP) is 1.32. The number of carbonyl (C=O) groups excluding carboxylic acids is 1. The molecule has 0 saturated heterocycles. The molecule has 4 N–H and O–H groups in total. The van der Waals surface area contributed by atoms with Crippen LogP contribution in [0.25, 0.3) is 0 Å². The second-order valence-electron chi connectivity index (χ2n) is 5.32. The van der Waals surface area contributed by atoms with Crippen molar-refractivity contribution in [2.24, 2.45) is 5.73 Å². The van der Waals surface area contributed by atoms with Gasteiger partial charge in [0, 0.05) is 0 Å². The summed E-state index contributed by atoms with van der Waals surface area (Å²) < 4.78 is 0. The van der Waals surface area contributed by atoms with E-state index in [0.29, 0.717) is 0 Å². The molecule has 0 aromatic carbocycles. The molecule has 0 radical (unpaired) electrons. The third-order valence-electron chi connectivity index (χ3n) is 4.23. The quantitative estimate of drug-likeness (QED) is 0.680. The Kier molecular flexibility index (Phi) is 4.95. The molecule has 0 spiro atoms. The summed E-state index contributed by atoms with van der Waals surface area (Å²) in [4.78, 5) is 12.3. The van der Waals surface area contributed by atoms with Crippen LogP contribution in [0.5, 0.6) is 0 Å². The average molecular weight is 242 g/mol. The lowest BCUT2D eigenvalue weighted by Crippen LogP contribution is -2.61. The fraction of sp³-hybridized carbons (Fsp3) is 0.923. The van der Waals surface area contributed by atoms with Gasteiger partial charge in [0.25, 0.3) is 0 Å². The Morgan fingerprint density at radius 1 is 1.29 bits per heavy atom. The number of rotatable bonds is 5. The average Bonchev–Trinajstić information content (AvgIpc) is 2.37. The van der Waals surface area contributed by atoms with Gasteiger partial charge in [-0.2, -0.15) is 0 Å². The maximum Gasteiger partial charge on any atom is 0.240 e. The van der Waals surface area contributed by atoms with Crippen molar-refractivity contribution in [3.8, 4) is 0 Å². The molecular formula is C13H26N2O2. The summed E-state index contributed by atoms with van der Waals surface area (Å²) in [5.41, 5.74) is 4.96. The van der Waals surface area contributed by atoms with Crippen LogP contribution in [0.2, 0.25) is 0 Å². The fourth-order valence-electron chi connectivity index (χ4n) is 2.46. The van der Waals surface area contributed by atoms with E-state index in [1.165, 1.54) is 6.42 Å². The molecule has 1 saturated carbocycles. The SMILES string of the molecule is CCC(CC)(CO)NC(=O)C1(N)CCCCC1. The van der Waals surface area contributed by atoms with E-state index in [1.807, 2.05) is 13.8 Å². The van der Waals surface area contributed by atoms with E-state index in [9.17, 15) is 9.90 Å². The van der Waals surface area contributed by atoms with Crippen LogP contribution in [0.4, 0.5) is 0 Å². The van der Waals surface area contributed by atoms with Crippen LogP contribution in [0.1, 0.15) is 58.8 Å². The zero-order valence-electron chi connectivity index (χ0n) is 11.1. The van der Waals surface area contributed by atoms with Gasteiger partial charge in [0.2, 0.25) is 5.91 Å². The van der Waals surface area contributed by atoms with Crippen molar-refractivity contribution in [3.05, 3.63) is 0 Å². The molecule has 1 amide bonds. The van der Waals surface area contributed by atoms with Gasteiger partial charge in [0.1, 0.15) is 0 Å². The van der Waals surface area contributed by atoms with Gasteiger partial charge < -0.3 is 16.2 Å². The second-order valence-corrected chi connectivity index (χ2v) is 5.32. The molecular weight excluding hydrogens is 216 g/mol. The highest BCUT2D eigenvalue weighted by molar-refractivity contribution is 5.86. The zero-order valence-corrected chi connectivity index (χ0v) is 11.1. The largest absolute Gasteiger partial charge is 0.394 e. The third-order valence-corrected chi connectivity index (χ3v) is 4.23. The van der Waals surface area contributed by atoms with E-state index in [1.54, 1.807) is 0 Å². The molecule has 0 bridgehead atoms. The van der Waals surface area contributed by atoms with Crippen LogP contribution in [0, 0.1) is 0 Å². The Morgan fingerprint density at radius 2 is 1.82 bits per heavy atom. The number of amides is 1. The Labute approximate surface area is 104 Å². The van der Waals surface area contributed by atoms with Gasteiger partial charge in [0.15, 0.2) is 0 Å². The minimum absolute atomic E-state index is 0.0260. The van der Waals surface area contributed by atoms with Crippen LogP contribution >= 0.6 is 0 Å². The standard InChI is InChI=1S/C13H26N2O2/c1-3-12(4-2,10-16)15-11(17)13(14)8-6-5-7-9-13/h16H,3-10,14H2,1-2H3,(H,15,17). The lowest BCUT2D eigenvalue weighted by Gasteiger charge is -2.38. The molecule has 0 aromatic heterocycles. The molecule has 0 aromatic rings. The Hall–Kier alpha value is -0.610. The maximum atomic E-state index is 12.3. The fourth-order valence-corrected chi connectivity index (χ4v) is 2.46. The first-order chi connectivity index (χ1) is 8.02. The molecule has 4 heteroatoms. The first kappa shape index (κ1) is 14.5. The van der Waals surface area contributed by atoms with Crippen molar-refractivity contribution >= 4 is 5.91 Å². The van der Waals surface area contributed by atoms with Crippen molar-refractivity contribution in [2.75, 3.05) is 6.61 Å². The zero-order chi connectivity index (χ0) is 12.9. The van der Waals surface area contributed by atoms with E-state index in [2.05, 4.69) is 5.32 Å². The van der Waals surface area contributed by atoms with Crippen molar-refractivity contribution in [2.45, 2.75) is 69.9 Å². The molecule has 17 heavy (non-hydrogen) atoms. The van der Waals surface area contributed by atoms with Crippen LogP contribution in [-0.2, 0) is 4.79 Å². The Bertz CT molecular complexity index is 248. The highest BCUT2D eigenvalue weighted by Crippen LogP contribution is 2.27. The number of carbonyl (C=O) groups is 1. The van der Waals surface area contributed by atoms with Gasteiger partial charge >= 0.3 is 0 Å².